The van der Waals surface area contributed by atoms with E-state index in [2.05, 4.69) is 99.9 Å². The number of benzene rings is 1. The zero-order chi connectivity index (χ0) is 14.6. The first-order valence-electron chi connectivity index (χ1n) is 7.09. The largest absolute Gasteiger partial charge is 0.278 e. The van der Waals surface area contributed by atoms with Crippen molar-refractivity contribution in [1.29, 1.82) is 0 Å². The van der Waals surface area contributed by atoms with Crippen molar-refractivity contribution in [2.45, 2.75) is 58.2 Å². The van der Waals surface area contributed by atoms with Crippen molar-refractivity contribution in [3.63, 3.8) is 0 Å². The Hall–Kier alpha value is -0.273. The van der Waals surface area contributed by atoms with Crippen molar-refractivity contribution in [3.05, 3.63) is 33.4 Å². The van der Waals surface area contributed by atoms with Crippen LogP contribution >= 0.6 is 22.6 Å². The normalized spacial score (nSPS) is 11.9. The van der Waals surface area contributed by atoms with Gasteiger partial charge in [0.25, 0.3) is 0 Å². The highest BCUT2D eigenvalue weighted by Gasteiger charge is 2.28. The molecule has 0 spiro atoms. The topological polar surface area (TPSA) is 0 Å². The number of hydrogen-bond acceptors (Lipinski definition) is 0. The van der Waals surface area contributed by atoms with Crippen LogP contribution < -0.4 is 0 Å². The fraction of sp³-hybridized carbons (Fsp3) is 0.529. The summed E-state index contributed by atoms with van der Waals surface area (Å²) in [6.45, 7) is 14.1. The summed E-state index contributed by atoms with van der Waals surface area (Å²) < 4.78 is 1.27. The second-order valence-electron chi connectivity index (χ2n) is 6.15. The fourth-order valence-corrected chi connectivity index (χ4v) is 8.73. The molecule has 0 nitrogen and oxygen atoms in total. The minimum absolute atomic E-state index is 0.698. The molecular weight excluding hydrogens is 359 g/mol. The van der Waals surface area contributed by atoms with E-state index >= 15 is 0 Å². The zero-order valence-corrected chi connectivity index (χ0v) is 16.1. The minimum Gasteiger partial charge on any atom is -0.278 e. The van der Waals surface area contributed by atoms with Gasteiger partial charge in [0, 0.05) is 9.13 Å². The molecule has 1 aromatic rings. The standard InChI is InChI=1S/C17H25ISi/c1-13(2)19(14(3)4,15(5)6)12-11-16-7-9-17(18)10-8-16/h7-10,13-15H,1-6H3/q-1. The molecule has 0 atom stereocenters. The SMILES string of the molecule is CC(C)[Si-](C#Cc1ccc(I)cc1)(C(C)C)C(C)C. The first-order valence-corrected chi connectivity index (χ1v) is 10.4. The Morgan fingerprint density at radius 3 is 1.63 bits per heavy atom. The summed E-state index contributed by atoms with van der Waals surface area (Å²) in [7, 11) is -1.59. The molecule has 0 heterocycles. The van der Waals surface area contributed by atoms with Crippen molar-refractivity contribution >= 4 is 30.7 Å². The van der Waals surface area contributed by atoms with E-state index in [0.29, 0.717) is 16.6 Å². The lowest BCUT2D eigenvalue weighted by atomic mass is 10.2. The summed E-state index contributed by atoms with van der Waals surface area (Å²) in [5.74, 6) is 3.47. The predicted octanol–water partition coefficient (Wildman–Crippen LogP) is 5.86. The molecule has 0 saturated carbocycles. The van der Waals surface area contributed by atoms with Gasteiger partial charge in [-0.15, -0.1) is 22.5 Å². The fourth-order valence-electron chi connectivity index (χ4n) is 3.15. The van der Waals surface area contributed by atoms with Gasteiger partial charge in [0.05, 0.1) is 0 Å². The molecule has 0 aromatic heterocycles. The van der Waals surface area contributed by atoms with E-state index in [4.69, 9.17) is 0 Å². The third-order valence-electron chi connectivity index (χ3n) is 4.13. The van der Waals surface area contributed by atoms with Crippen molar-refractivity contribution in [3.8, 4) is 11.5 Å². The van der Waals surface area contributed by atoms with Crippen molar-refractivity contribution in [1.82, 2.24) is 0 Å². The van der Waals surface area contributed by atoms with Crippen molar-refractivity contribution in [2.24, 2.45) is 0 Å². The molecule has 1 aromatic carbocycles. The molecule has 105 valence electrons. The van der Waals surface area contributed by atoms with Crippen molar-refractivity contribution < 1.29 is 0 Å². The maximum atomic E-state index is 3.75. The van der Waals surface area contributed by atoms with E-state index < -0.39 is 8.07 Å². The van der Waals surface area contributed by atoms with E-state index in [-0.39, 0.29) is 0 Å². The molecular formula is C17H25ISi-. The van der Waals surface area contributed by atoms with Gasteiger partial charge in [0.1, 0.15) is 0 Å². The van der Waals surface area contributed by atoms with Gasteiger partial charge in [0.2, 0.25) is 0 Å². The molecule has 0 saturated heterocycles. The highest BCUT2D eigenvalue weighted by atomic mass is 127. The Morgan fingerprint density at radius 2 is 1.26 bits per heavy atom. The van der Waals surface area contributed by atoms with Gasteiger partial charge < -0.3 is 0 Å². The van der Waals surface area contributed by atoms with Crippen molar-refractivity contribution in [2.75, 3.05) is 0 Å². The Bertz CT molecular complexity index is 439. The molecule has 0 amide bonds. The van der Waals surface area contributed by atoms with Crippen LogP contribution in [0.3, 0.4) is 0 Å². The lowest BCUT2D eigenvalue weighted by molar-refractivity contribution is 0.838. The third-order valence-corrected chi connectivity index (χ3v) is 11.1. The van der Waals surface area contributed by atoms with Crippen LogP contribution in [-0.2, 0) is 0 Å². The Kier molecular flexibility index (Phi) is 6.13. The van der Waals surface area contributed by atoms with Crippen LogP contribution in [0.1, 0.15) is 47.1 Å². The van der Waals surface area contributed by atoms with Gasteiger partial charge in [-0.1, -0.05) is 49.6 Å². The van der Waals surface area contributed by atoms with Gasteiger partial charge in [-0.05, 0) is 46.9 Å². The Morgan fingerprint density at radius 1 is 0.842 bits per heavy atom. The van der Waals surface area contributed by atoms with Crippen LogP contribution in [0.4, 0.5) is 0 Å². The molecule has 0 aliphatic carbocycles. The summed E-state index contributed by atoms with van der Waals surface area (Å²) in [4.78, 5) is 0. The van der Waals surface area contributed by atoms with Gasteiger partial charge in [-0.2, -0.15) is 0 Å². The van der Waals surface area contributed by atoms with Crippen LogP contribution in [0.25, 0.3) is 0 Å². The van der Waals surface area contributed by atoms with E-state index in [1.165, 1.54) is 3.57 Å². The second-order valence-corrected chi connectivity index (χ2v) is 13.0. The maximum Gasteiger partial charge on any atom is 0.0211 e. The quantitative estimate of drug-likeness (QED) is 0.348. The highest BCUT2D eigenvalue weighted by Crippen LogP contribution is 2.40. The van der Waals surface area contributed by atoms with E-state index in [1.807, 2.05) is 0 Å². The average Bonchev–Trinajstić information content (AvgIpc) is 2.30. The second kappa shape index (κ2) is 6.94. The molecule has 19 heavy (non-hydrogen) atoms. The molecule has 0 fully saturated rings. The van der Waals surface area contributed by atoms with Gasteiger partial charge >= 0.3 is 0 Å². The molecule has 0 radical (unpaired) electrons. The predicted molar refractivity (Wildman–Crippen MR) is 97.1 cm³/mol. The number of hydrogen-bond donors (Lipinski definition) is 0. The van der Waals surface area contributed by atoms with Gasteiger partial charge in [-0.25, -0.2) is 0 Å². The van der Waals surface area contributed by atoms with Gasteiger partial charge in [-0.3, -0.25) is 5.54 Å². The number of rotatable bonds is 3. The molecule has 2 heteroatoms. The van der Waals surface area contributed by atoms with E-state index in [9.17, 15) is 0 Å². The Labute approximate surface area is 133 Å². The summed E-state index contributed by atoms with van der Waals surface area (Å²) >= 11 is 2.33. The van der Waals surface area contributed by atoms with Gasteiger partial charge in [0.15, 0.2) is 0 Å². The molecule has 0 bridgehead atoms. The molecule has 0 aliphatic rings. The van der Waals surface area contributed by atoms with E-state index in [0.717, 1.165) is 5.56 Å². The molecule has 0 unspecified atom stereocenters. The zero-order valence-electron chi connectivity index (χ0n) is 12.9. The number of halogens is 1. The monoisotopic (exact) mass is 384 g/mol. The third kappa shape index (κ3) is 3.85. The first kappa shape index (κ1) is 16.8. The molecule has 0 N–H and O–H groups in total. The van der Waals surface area contributed by atoms with Crippen LogP contribution in [-0.4, -0.2) is 8.07 Å². The average molecular weight is 384 g/mol. The molecule has 1 rings (SSSR count). The first-order chi connectivity index (χ1) is 8.80. The highest BCUT2D eigenvalue weighted by molar-refractivity contribution is 14.1. The van der Waals surface area contributed by atoms with Crippen LogP contribution in [0.2, 0.25) is 16.6 Å². The molecule has 0 aliphatic heterocycles. The lowest BCUT2D eigenvalue weighted by Crippen LogP contribution is -2.43. The summed E-state index contributed by atoms with van der Waals surface area (Å²) in [5, 5.41) is 0. The van der Waals surface area contributed by atoms with Crippen LogP contribution in [0, 0.1) is 15.0 Å². The van der Waals surface area contributed by atoms with Crippen LogP contribution in [0.15, 0.2) is 24.3 Å². The lowest BCUT2D eigenvalue weighted by Gasteiger charge is -2.50. The maximum absolute atomic E-state index is 3.75. The Balaban J connectivity index is 3.19. The summed E-state index contributed by atoms with van der Waals surface area (Å²) in [6.07, 6.45) is 0. The van der Waals surface area contributed by atoms with Crippen LogP contribution in [0.5, 0.6) is 0 Å². The smallest absolute Gasteiger partial charge is 0.0211 e. The van der Waals surface area contributed by atoms with E-state index in [1.54, 1.807) is 0 Å². The summed E-state index contributed by atoms with van der Waals surface area (Å²) in [5.41, 5.74) is 7.00. The summed E-state index contributed by atoms with van der Waals surface area (Å²) in [6, 6.07) is 8.53. The minimum atomic E-state index is -1.59.